The lowest BCUT2D eigenvalue weighted by atomic mass is 10.3. The molecular formula is C10H14N4O4. The predicted octanol–water partition coefficient (Wildman–Crippen LogP) is -0.762. The van der Waals surface area contributed by atoms with Crippen LogP contribution in [-0.2, 0) is 14.3 Å². The first-order valence-corrected chi connectivity index (χ1v) is 4.69. The van der Waals surface area contributed by atoms with Gasteiger partial charge in [0.1, 0.15) is 0 Å². The van der Waals surface area contributed by atoms with Crippen LogP contribution in [0.3, 0.4) is 0 Å². The third-order valence-corrected chi connectivity index (χ3v) is 1.63. The normalized spacial score (nSPS) is 12.3. The van der Waals surface area contributed by atoms with Crippen molar-refractivity contribution in [3.05, 3.63) is 23.7 Å². The minimum atomic E-state index is -1.05. The summed E-state index contributed by atoms with van der Waals surface area (Å²) in [5.41, 5.74) is 4.58. The molecule has 0 saturated carbocycles. The first-order chi connectivity index (χ1) is 8.46. The number of amides is 1. The van der Waals surface area contributed by atoms with Gasteiger partial charge in [-0.2, -0.15) is 0 Å². The Morgan fingerprint density at radius 1 is 1.50 bits per heavy atom. The molecule has 18 heavy (non-hydrogen) atoms. The maximum absolute atomic E-state index is 11.4. The summed E-state index contributed by atoms with van der Waals surface area (Å²) in [6, 6.07) is 0. The lowest BCUT2D eigenvalue weighted by Gasteiger charge is -2.03. The molecule has 98 valence electrons. The van der Waals surface area contributed by atoms with E-state index in [1.807, 2.05) is 0 Å². The number of allylic oxidation sites excluding steroid dienone is 1. The first-order valence-electron chi connectivity index (χ1n) is 4.69. The van der Waals surface area contributed by atoms with Gasteiger partial charge in [-0.1, -0.05) is 0 Å². The monoisotopic (exact) mass is 254 g/mol. The van der Waals surface area contributed by atoms with E-state index in [4.69, 9.17) is 11.1 Å². The zero-order valence-electron chi connectivity index (χ0n) is 9.93. The van der Waals surface area contributed by atoms with Crippen molar-refractivity contribution in [3.63, 3.8) is 0 Å². The summed E-state index contributed by atoms with van der Waals surface area (Å²) in [5.74, 6) is -2.64. The molecule has 0 unspecified atom stereocenters. The fourth-order valence-electron chi connectivity index (χ4n) is 0.837. The van der Waals surface area contributed by atoms with Crippen molar-refractivity contribution >= 4 is 23.8 Å². The van der Waals surface area contributed by atoms with Crippen molar-refractivity contribution in [1.82, 2.24) is 5.32 Å². The van der Waals surface area contributed by atoms with Crippen LogP contribution < -0.4 is 11.1 Å². The third-order valence-electron chi connectivity index (χ3n) is 1.63. The van der Waals surface area contributed by atoms with E-state index in [9.17, 15) is 14.7 Å². The highest BCUT2D eigenvalue weighted by molar-refractivity contribution is 6.41. The van der Waals surface area contributed by atoms with Gasteiger partial charge in [0.25, 0.3) is 5.91 Å². The Bertz CT molecular complexity index is 437. The predicted molar refractivity (Wildman–Crippen MR) is 65.3 cm³/mol. The lowest BCUT2D eigenvalue weighted by Crippen LogP contribution is -2.24. The molecule has 0 aliphatic carbocycles. The second kappa shape index (κ2) is 7.60. The van der Waals surface area contributed by atoms with Crippen LogP contribution in [0.15, 0.2) is 28.7 Å². The number of ether oxygens (including phenoxy) is 1. The Hall–Kier alpha value is -2.64. The van der Waals surface area contributed by atoms with Gasteiger partial charge in [0, 0.05) is 25.5 Å². The Kier molecular flexibility index (Phi) is 6.49. The van der Waals surface area contributed by atoms with Gasteiger partial charge in [-0.15, -0.1) is 0 Å². The summed E-state index contributed by atoms with van der Waals surface area (Å²) in [4.78, 5) is 25.9. The molecule has 8 nitrogen and oxygen atoms in total. The second-order valence-electron chi connectivity index (χ2n) is 2.89. The highest BCUT2D eigenvalue weighted by atomic mass is 16.5. The molecule has 1 amide bonds. The molecule has 0 radical (unpaired) electrons. The van der Waals surface area contributed by atoms with Crippen LogP contribution in [0.25, 0.3) is 0 Å². The van der Waals surface area contributed by atoms with E-state index >= 15 is 0 Å². The molecule has 0 aliphatic rings. The van der Waals surface area contributed by atoms with E-state index in [2.05, 4.69) is 15.0 Å². The van der Waals surface area contributed by atoms with E-state index in [1.54, 1.807) is 0 Å². The number of nitrogens with one attached hydrogen (secondary N) is 2. The van der Waals surface area contributed by atoms with Crippen molar-refractivity contribution in [1.29, 1.82) is 5.41 Å². The molecule has 0 bridgehead atoms. The molecule has 0 saturated heterocycles. The van der Waals surface area contributed by atoms with Crippen molar-refractivity contribution in [2.75, 3.05) is 14.2 Å². The Morgan fingerprint density at radius 3 is 2.56 bits per heavy atom. The van der Waals surface area contributed by atoms with Gasteiger partial charge in [-0.3, -0.25) is 15.2 Å². The summed E-state index contributed by atoms with van der Waals surface area (Å²) < 4.78 is 4.21. The Morgan fingerprint density at radius 2 is 2.11 bits per heavy atom. The SMILES string of the molecule is CN=CC(=CN)NC(=O)/C=C(/O)C(=N)C(=O)OC. The topological polar surface area (TPSA) is 138 Å². The smallest absolute Gasteiger partial charge is 0.359 e. The van der Waals surface area contributed by atoms with Gasteiger partial charge in [-0.25, -0.2) is 4.79 Å². The van der Waals surface area contributed by atoms with E-state index < -0.39 is 23.3 Å². The minimum Gasteiger partial charge on any atom is -0.505 e. The van der Waals surface area contributed by atoms with Crippen LogP contribution in [0.1, 0.15) is 0 Å². The molecule has 0 aromatic carbocycles. The van der Waals surface area contributed by atoms with Gasteiger partial charge >= 0.3 is 5.97 Å². The summed E-state index contributed by atoms with van der Waals surface area (Å²) in [6.45, 7) is 0. The maximum Gasteiger partial charge on any atom is 0.359 e. The summed E-state index contributed by atoms with van der Waals surface area (Å²) >= 11 is 0. The molecule has 0 fully saturated rings. The standard InChI is InChI=1S/C10H14N4O4/c1-13-5-6(4-11)14-8(16)3-7(15)9(12)10(17)18-2/h3-5,12,15H,11H2,1-2H3,(H,14,16)/b6-4?,7-3+,12-9?,13-5?. The number of nitrogens with two attached hydrogens (primary N) is 1. The second-order valence-corrected chi connectivity index (χ2v) is 2.89. The van der Waals surface area contributed by atoms with E-state index in [-0.39, 0.29) is 5.70 Å². The van der Waals surface area contributed by atoms with E-state index in [0.717, 1.165) is 13.3 Å². The number of esters is 1. The number of rotatable bonds is 5. The fraction of sp³-hybridized carbons (Fsp3) is 0.200. The van der Waals surface area contributed by atoms with Crippen LogP contribution in [0.4, 0.5) is 0 Å². The molecule has 0 heterocycles. The number of hydrogen-bond donors (Lipinski definition) is 4. The van der Waals surface area contributed by atoms with Crippen LogP contribution in [0, 0.1) is 5.41 Å². The number of hydrogen-bond acceptors (Lipinski definition) is 7. The van der Waals surface area contributed by atoms with Crippen molar-refractivity contribution in [2.45, 2.75) is 0 Å². The number of aliphatic hydroxyl groups is 1. The number of carbonyl (C=O) groups excluding carboxylic acids is 2. The molecule has 0 atom stereocenters. The van der Waals surface area contributed by atoms with Gasteiger partial charge in [0.2, 0.25) is 0 Å². The van der Waals surface area contributed by atoms with Gasteiger partial charge < -0.3 is 20.9 Å². The summed E-state index contributed by atoms with van der Waals surface area (Å²) in [6.07, 6.45) is 3.04. The average molecular weight is 254 g/mol. The first kappa shape index (κ1) is 15.4. The van der Waals surface area contributed by atoms with Gasteiger partial charge in [0.05, 0.1) is 12.8 Å². The number of aliphatic hydroxyl groups excluding tert-OH is 1. The van der Waals surface area contributed by atoms with Crippen LogP contribution in [0.2, 0.25) is 0 Å². The Labute approximate surface area is 103 Å². The zero-order valence-corrected chi connectivity index (χ0v) is 9.93. The average Bonchev–Trinajstić information content (AvgIpc) is 2.35. The number of methoxy groups -OCH3 is 1. The van der Waals surface area contributed by atoms with Gasteiger partial charge in [0.15, 0.2) is 11.5 Å². The molecule has 0 aliphatic heterocycles. The van der Waals surface area contributed by atoms with Crippen molar-refractivity contribution in [3.8, 4) is 0 Å². The molecule has 0 aromatic heterocycles. The molecule has 0 spiro atoms. The minimum absolute atomic E-state index is 0.205. The van der Waals surface area contributed by atoms with Crippen LogP contribution in [-0.4, -0.2) is 43.1 Å². The van der Waals surface area contributed by atoms with E-state index in [0.29, 0.717) is 6.08 Å². The third kappa shape index (κ3) is 4.92. The van der Waals surface area contributed by atoms with E-state index in [1.165, 1.54) is 13.3 Å². The zero-order chi connectivity index (χ0) is 14.1. The maximum atomic E-state index is 11.4. The lowest BCUT2D eigenvalue weighted by molar-refractivity contribution is -0.132. The highest BCUT2D eigenvalue weighted by Crippen LogP contribution is 1.94. The largest absolute Gasteiger partial charge is 0.505 e. The van der Waals surface area contributed by atoms with Gasteiger partial charge in [-0.05, 0) is 0 Å². The fourth-order valence-corrected chi connectivity index (χ4v) is 0.837. The van der Waals surface area contributed by atoms with Crippen LogP contribution in [0.5, 0.6) is 0 Å². The quantitative estimate of drug-likeness (QED) is 0.221. The summed E-state index contributed by atoms with van der Waals surface area (Å²) in [7, 11) is 2.53. The number of carbonyl (C=O) groups is 2. The Balaban J connectivity index is 4.73. The highest BCUT2D eigenvalue weighted by Gasteiger charge is 2.15. The van der Waals surface area contributed by atoms with Crippen molar-refractivity contribution in [2.24, 2.45) is 10.7 Å². The molecule has 0 rings (SSSR count). The molecule has 0 aromatic rings. The molecule has 8 heteroatoms. The summed E-state index contributed by atoms with van der Waals surface area (Å²) in [5, 5.41) is 18.7. The van der Waals surface area contributed by atoms with Crippen molar-refractivity contribution < 1.29 is 19.4 Å². The molecule has 5 N–H and O–H groups in total. The number of aliphatic imine (C=N–C) groups is 1. The molecular weight excluding hydrogens is 240 g/mol. The van der Waals surface area contributed by atoms with Crippen LogP contribution >= 0.6 is 0 Å². The number of nitrogens with zero attached hydrogens (tertiary/aromatic N) is 1.